The summed E-state index contributed by atoms with van der Waals surface area (Å²) >= 11 is 0. The number of aldehydes is 1. The predicted molar refractivity (Wildman–Crippen MR) is 88.1 cm³/mol. The van der Waals surface area contributed by atoms with E-state index in [0.717, 1.165) is 0 Å². The number of nitrogens with one attached hydrogen (secondary N) is 3. The van der Waals surface area contributed by atoms with Crippen LogP contribution in [0.3, 0.4) is 0 Å². The van der Waals surface area contributed by atoms with Crippen molar-refractivity contribution in [1.82, 2.24) is 16.0 Å². The van der Waals surface area contributed by atoms with Crippen molar-refractivity contribution in [3.63, 3.8) is 0 Å². The molecule has 0 rings (SSSR count). The average Bonchev–Trinajstić information content (AvgIpc) is 2.51. The van der Waals surface area contributed by atoms with Gasteiger partial charge in [0.25, 0.3) is 0 Å². The molecule has 26 heavy (non-hydrogen) atoms. The minimum absolute atomic E-state index is 0. The molecule has 142 valence electrons. The first kappa shape index (κ1) is 30.2. The molecule has 0 aromatic rings. The van der Waals surface area contributed by atoms with Crippen LogP contribution in [-0.4, -0.2) is 78.0 Å². The van der Waals surface area contributed by atoms with Crippen LogP contribution in [0.15, 0.2) is 0 Å². The van der Waals surface area contributed by atoms with Crippen molar-refractivity contribution in [2.24, 2.45) is 5.92 Å². The Bertz CT molecular complexity index is 414. The van der Waals surface area contributed by atoms with E-state index in [4.69, 9.17) is 17.3 Å². The smallest absolute Gasteiger partial charge is 0.530 e. The molecule has 12 heteroatoms. The Morgan fingerprint density at radius 2 is 1.81 bits per heavy atom. The molecule has 0 saturated carbocycles. The van der Waals surface area contributed by atoms with Gasteiger partial charge >= 0.3 is 57.5 Å². The van der Waals surface area contributed by atoms with Crippen LogP contribution in [0.25, 0.3) is 0 Å². The number of carbonyl (C=O) groups excluding carboxylic acids is 4. The number of hydrogen-bond donors (Lipinski definition) is 3. The fourth-order valence-corrected chi connectivity index (χ4v) is 1.23. The second kappa shape index (κ2) is 20.8. The summed E-state index contributed by atoms with van der Waals surface area (Å²) in [6.07, 6.45) is -1.41. The second-order valence-electron chi connectivity index (χ2n) is 5.01. The van der Waals surface area contributed by atoms with Gasteiger partial charge in [-0.25, -0.2) is 4.79 Å². The summed E-state index contributed by atoms with van der Waals surface area (Å²) in [5.41, 5.74) is -0.322. The molecule has 3 N–H and O–H groups in total. The van der Waals surface area contributed by atoms with Gasteiger partial charge in [-0.05, 0) is 13.0 Å². The SMILES string of the molecule is CC(C)C(C=O)NC(=O)OCCOCCNC(=O)[O-].[B]C(=O)CNC.[K+]. The normalized spacial score (nSPS) is 10.5. The number of alkyl carbamates (subject to hydrolysis) is 1. The van der Waals surface area contributed by atoms with Crippen molar-refractivity contribution < 1.29 is 85.1 Å². The number of rotatable bonds is 11. The summed E-state index contributed by atoms with van der Waals surface area (Å²) in [6.45, 7) is 4.27. The Hall–Kier alpha value is -0.499. The van der Waals surface area contributed by atoms with Gasteiger partial charge in [-0.15, -0.1) is 0 Å². The molecular formula is C14H25BKN3O7. The van der Waals surface area contributed by atoms with Crippen molar-refractivity contribution in [2.75, 3.05) is 40.0 Å². The predicted octanol–water partition coefficient (Wildman–Crippen LogP) is -5.21. The van der Waals surface area contributed by atoms with Gasteiger partial charge in [0.2, 0.25) is 0 Å². The molecule has 10 nitrogen and oxygen atoms in total. The molecule has 0 heterocycles. The van der Waals surface area contributed by atoms with E-state index >= 15 is 0 Å². The van der Waals surface area contributed by atoms with Gasteiger partial charge in [0.05, 0.1) is 24.9 Å². The molecular weight excluding hydrogens is 372 g/mol. The average molecular weight is 397 g/mol. The van der Waals surface area contributed by atoms with E-state index in [1.54, 1.807) is 20.9 Å². The quantitative estimate of drug-likeness (QED) is 0.178. The minimum atomic E-state index is -1.37. The van der Waals surface area contributed by atoms with E-state index in [0.29, 0.717) is 6.29 Å². The fraction of sp³-hybridized carbons (Fsp3) is 0.714. The Morgan fingerprint density at radius 1 is 1.19 bits per heavy atom. The Balaban J connectivity index is -0.000000649. The van der Waals surface area contributed by atoms with Gasteiger partial charge in [-0.3, -0.25) is 0 Å². The molecule has 0 aliphatic carbocycles. The Kier molecular flexibility index (Phi) is 24.2. The largest absolute Gasteiger partial charge is 1.00 e. The zero-order chi connectivity index (χ0) is 19.7. The third kappa shape index (κ3) is 23.5. The molecule has 1 atom stereocenters. The van der Waals surface area contributed by atoms with Crippen LogP contribution in [0.1, 0.15) is 13.8 Å². The van der Waals surface area contributed by atoms with Gasteiger partial charge in [0, 0.05) is 13.1 Å². The third-order valence-corrected chi connectivity index (χ3v) is 2.48. The van der Waals surface area contributed by atoms with Crippen molar-refractivity contribution in [3.8, 4) is 0 Å². The molecule has 2 radical (unpaired) electrons. The summed E-state index contributed by atoms with van der Waals surface area (Å²) in [5, 5.41) is 17.0. The first-order valence-corrected chi connectivity index (χ1v) is 7.58. The molecule has 0 aliphatic heterocycles. The standard InChI is InChI=1S/C11H20N2O6.C3H6BNO.K/c1-8(2)9(7-14)13-11(17)19-6-5-18-4-3-12-10(15)16;1-5-2-3(4)6;/h7-9,12H,3-6H2,1-2H3,(H,13,17)(H,15,16);5H,2H2,1H3;/q;;+1/p-1. The van der Waals surface area contributed by atoms with Gasteiger partial charge in [0.1, 0.15) is 19.0 Å². The van der Waals surface area contributed by atoms with E-state index in [9.17, 15) is 24.3 Å². The first-order chi connectivity index (χ1) is 11.7. The summed E-state index contributed by atoms with van der Waals surface area (Å²) < 4.78 is 9.75. The summed E-state index contributed by atoms with van der Waals surface area (Å²) in [6, 6.07) is -0.583. The van der Waals surface area contributed by atoms with Crippen LogP contribution in [0, 0.1) is 5.92 Å². The summed E-state index contributed by atoms with van der Waals surface area (Å²) in [4.78, 5) is 41.6. The van der Waals surface area contributed by atoms with E-state index in [1.165, 1.54) is 0 Å². The molecule has 0 fully saturated rings. The van der Waals surface area contributed by atoms with Crippen LogP contribution in [-0.2, 0) is 19.1 Å². The zero-order valence-corrected chi connectivity index (χ0v) is 18.8. The molecule has 1 unspecified atom stereocenters. The monoisotopic (exact) mass is 397 g/mol. The maximum atomic E-state index is 11.2. The Morgan fingerprint density at radius 3 is 2.19 bits per heavy atom. The molecule has 0 saturated heterocycles. The number of carboxylic acid groups (broad SMARTS) is 1. The maximum absolute atomic E-state index is 11.2. The van der Waals surface area contributed by atoms with E-state index in [-0.39, 0.29) is 95.9 Å². The van der Waals surface area contributed by atoms with Crippen molar-refractivity contribution >= 4 is 32.0 Å². The number of carbonyl (C=O) groups is 4. The van der Waals surface area contributed by atoms with Crippen molar-refractivity contribution in [1.29, 1.82) is 0 Å². The van der Waals surface area contributed by atoms with Crippen LogP contribution < -0.4 is 72.4 Å². The van der Waals surface area contributed by atoms with Gasteiger partial charge < -0.3 is 44.9 Å². The van der Waals surface area contributed by atoms with Crippen molar-refractivity contribution in [3.05, 3.63) is 0 Å². The molecule has 0 aromatic carbocycles. The zero-order valence-electron chi connectivity index (χ0n) is 15.7. The maximum Gasteiger partial charge on any atom is 1.00 e. The number of likely N-dealkylation sites (N-methyl/N-ethyl adjacent to an activating group) is 1. The van der Waals surface area contributed by atoms with E-state index in [2.05, 4.69) is 10.6 Å². The Labute approximate surface area is 197 Å². The van der Waals surface area contributed by atoms with Crippen LogP contribution in [0.5, 0.6) is 0 Å². The summed E-state index contributed by atoms with van der Waals surface area (Å²) in [7, 11) is 6.37. The molecule has 0 spiro atoms. The van der Waals surface area contributed by atoms with Crippen LogP contribution >= 0.6 is 0 Å². The molecule has 0 aliphatic rings. The third-order valence-electron chi connectivity index (χ3n) is 2.48. The second-order valence-corrected chi connectivity index (χ2v) is 5.01. The van der Waals surface area contributed by atoms with Gasteiger partial charge in [-0.1, -0.05) is 13.8 Å². The van der Waals surface area contributed by atoms with Crippen molar-refractivity contribution in [2.45, 2.75) is 19.9 Å². The topological polar surface area (TPSA) is 146 Å². The molecule has 2 amide bonds. The molecule has 0 bridgehead atoms. The summed E-state index contributed by atoms with van der Waals surface area (Å²) in [5.74, 6) is -0.0167. The van der Waals surface area contributed by atoms with E-state index < -0.39 is 18.2 Å². The van der Waals surface area contributed by atoms with Crippen LogP contribution in [0.4, 0.5) is 9.59 Å². The number of amides is 2. The minimum Gasteiger partial charge on any atom is -0.530 e. The van der Waals surface area contributed by atoms with E-state index in [1.807, 2.05) is 5.32 Å². The van der Waals surface area contributed by atoms with Gasteiger partial charge in [0.15, 0.2) is 7.85 Å². The number of hydrogen-bond acceptors (Lipinski definition) is 8. The fourth-order valence-electron chi connectivity index (χ4n) is 1.23. The number of ether oxygens (including phenoxy) is 2. The van der Waals surface area contributed by atoms with Crippen LogP contribution in [0.2, 0.25) is 0 Å². The first-order valence-electron chi connectivity index (χ1n) is 7.58. The van der Waals surface area contributed by atoms with Gasteiger partial charge in [-0.2, -0.15) is 0 Å². The molecule has 0 aromatic heterocycles.